The van der Waals surface area contributed by atoms with E-state index in [-0.39, 0.29) is 24.3 Å². The second-order valence-corrected chi connectivity index (χ2v) is 13.4. The molecule has 2 unspecified atom stereocenters. The molecule has 1 aliphatic heterocycles. The minimum absolute atomic E-state index is 0.0482. The fourth-order valence-corrected chi connectivity index (χ4v) is 8.67. The van der Waals surface area contributed by atoms with Crippen LogP contribution in [0.4, 0.5) is 5.82 Å². The molecule has 3 atom stereocenters. The molecule has 0 radical (unpaired) electrons. The Hall–Kier alpha value is -1.80. The molecular formula is C28H41N3O4S. The van der Waals surface area contributed by atoms with E-state index in [0.29, 0.717) is 35.8 Å². The fraction of sp³-hybridized carbons (Fsp3) is 0.750. The summed E-state index contributed by atoms with van der Waals surface area (Å²) in [6.07, 6.45) is 7.91. The van der Waals surface area contributed by atoms with Gasteiger partial charge in [-0.3, -0.25) is 9.59 Å². The first kappa shape index (κ1) is 25.8. The molecule has 4 saturated carbocycles. The summed E-state index contributed by atoms with van der Waals surface area (Å²) in [7, 11) is 0. The summed E-state index contributed by atoms with van der Waals surface area (Å²) in [5.41, 5.74) is 0.130. The number of hydrogen-bond acceptors (Lipinski definition) is 6. The van der Waals surface area contributed by atoms with Crippen molar-refractivity contribution >= 4 is 29.5 Å². The average molecular weight is 516 g/mol. The van der Waals surface area contributed by atoms with E-state index in [1.54, 1.807) is 11.8 Å². The number of rotatable bonds is 9. The third-order valence-electron chi connectivity index (χ3n) is 8.87. The van der Waals surface area contributed by atoms with E-state index in [9.17, 15) is 19.8 Å². The normalized spacial score (nSPS) is 33.2. The molecule has 1 saturated heterocycles. The number of amides is 1. The van der Waals surface area contributed by atoms with E-state index in [0.717, 1.165) is 74.5 Å². The molecule has 1 amide bonds. The van der Waals surface area contributed by atoms with Crippen molar-refractivity contribution in [2.75, 3.05) is 23.7 Å². The van der Waals surface area contributed by atoms with Crippen molar-refractivity contribution in [1.29, 1.82) is 0 Å². The number of thioether (sulfide) groups is 1. The molecule has 4 bridgehead atoms. The number of anilines is 1. The van der Waals surface area contributed by atoms with Crippen molar-refractivity contribution in [2.24, 2.45) is 29.6 Å². The number of aromatic nitrogens is 1. The van der Waals surface area contributed by atoms with E-state index in [1.165, 1.54) is 0 Å². The molecule has 6 rings (SSSR count). The van der Waals surface area contributed by atoms with Gasteiger partial charge in [-0.1, -0.05) is 13.8 Å². The molecule has 198 valence electrons. The summed E-state index contributed by atoms with van der Waals surface area (Å²) in [5.74, 6) is 3.00. The second-order valence-electron chi connectivity index (χ2n) is 12.3. The molecule has 1 aromatic rings. The summed E-state index contributed by atoms with van der Waals surface area (Å²) >= 11 is 1.65. The van der Waals surface area contributed by atoms with Gasteiger partial charge < -0.3 is 20.4 Å². The lowest BCUT2D eigenvalue weighted by Crippen LogP contribution is -2.61. The Morgan fingerprint density at radius 2 is 1.97 bits per heavy atom. The van der Waals surface area contributed by atoms with Gasteiger partial charge in [-0.05, 0) is 98.8 Å². The number of nitrogens with one attached hydrogen (secondary N) is 1. The van der Waals surface area contributed by atoms with Gasteiger partial charge in [0.25, 0.3) is 5.91 Å². The minimum atomic E-state index is -0.747. The number of carboxylic acid groups (broad SMARTS) is 1. The maximum absolute atomic E-state index is 13.6. The number of carboxylic acids is 1. The average Bonchev–Trinajstić information content (AvgIpc) is 2.79. The first-order chi connectivity index (χ1) is 17.2. The van der Waals surface area contributed by atoms with Gasteiger partial charge in [0.05, 0.1) is 11.2 Å². The van der Waals surface area contributed by atoms with Crippen LogP contribution in [0.25, 0.3) is 0 Å². The predicted molar refractivity (Wildman–Crippen MR) is 141 cm³/mol. The Kier molecular flexibility index (Phi) is 7.55. The van der Waals surface area contributed by atoms with Crippen LogP contribution in [0.5, 0.6) is 0 Å². The fourth-order valence-electron chi connectivity index (χ4n) is 7.41. The Labute approximate surface area is 218 Å². The van der Waals surface area contributed by atoms with Gasteiger partial charge in [-0.15, -0.1) is 11.8 Å². The van der Waals surface area contributed by atoms with Gasteiger partial charge in [0.2, 0.25) is 0 Å². The molecule has 5 fully saturated rings. The van der Waals surface area contributed by atoms with E-state index in [4.69, 9.17) is 4.98 Å². The van der Waals surface area contributed by atoms with Crippen molar-refractivity contribution in [3.05, 3.63) is 17.7 Å². The van der Waals surface area contributed by atoms with E-state index in [1.807, 2.05) is 12.1 Å². The SMILES string of the molecule is CC(C)CCSc1nc(N2CCC[C@@H](CC(=O)O)C2)ccc1C(=O)N[C@H]1C2CC3CC1C[C@@](O)(C3)C2. The summed E-state index contributed by atoms with van der Waals surface area (Å²) in [5, 5.41) is 24.3. The van der Waals surface area contributed by atoms with Crippen LogP contribution in [-0.2, 0) is 4.79 Å². The van der Waals surface area contributed by atoms with Gasteiger partial charge in [0, 0.05) is 25.6 Å². The molecule has 5 aliphatic rings. The molecule has 8 heteroatoms. The van der Waals surface area contributed by atoms with Crippen molar-refractivity contribution in [3.63, 3.8) is 0 Å². The zero-order valence-electron chi connectivity index (χ0n) is 21.6. The first-order valence-electron chi connectivity index (χ1n) is 13.8. The van der Waals surface area contributed by atoms with Crippen LogP contribution < -0.4 is 10.2 Å². The van der Waals surface area contributed by atoms with Gasteiger partial charge in [0.1, 0.15) is 10.8 Å². The van der Waals surface area contributed by atoms with Crippen LogP contribution >= 0.6 is 11.8 Å². The molecule has 2 heterocycles. The molecule has 36 heavy (non-hydrogen) atoms. The molecular weight excluding hydrogens is 474 g/mol. The highest BCUT2D eigenvalue weighted by Gasteiger charge is 2.55. The van der Waals surface area contributed by atoms with Crippen molar-refractivity contribution in [2.45, 2.75) is 88.3 Å². The summed E-state index contributed by atoms with van der Waals surface area (Å²) < 4.78 is 0. The smallest absolute Gasteiger partial charge is 0.303 e. The highest BCUT2D eigenvalue weighted by atomic mass is 32.2. The number of piperidine rings is 1. The number of carbonyl (C=O) groups excluding carboxylic acids is 1. The van der Waals surface area contributed by atoms with Crippen LogP contribution in [0.1, 0.15) is 82.0 Å². The van der Waals surface area contributed by atoms with Gasteiger partial charge >= 0.3 is 5.97 Å². The van der Waals surface area contributed by atoms with Gasteiger partial charge in [-0.2, -0.15) is 0 Å². The maximum Gasteiger partial charge on any atom is 0.303 e. The highest BCUT2D eigenvalue weighted by molar-refractivity contribution is 7.99. The zero-order chi connectivity index (χ0) is 25.4. The van der Waals surface area contributed by atoms with Crippen LogP contribution in [0, 0.1) is 29.6 Å². The van der Waals surface area contributed by atoms with E-state index >= 15 is 0 Å². The zero-order valence-corrected chi connectivity index (χ0v) is 22.4. The first-order valence-corrected chi connectivity index (χ1v) is 14.8. The third kappa shape index (κ3) is 5.69. The van der Waals surface area contributed by atoms with Crippen molar-refractivity contribution in [3.8, 4) is 0 Å². The topological polar surface area (TPSA) is 103 Å². The van der Waals surface area contributed by atoms with Crippen LogP contribution in [-0.4, -0.2) is 57.6 Å². The van der Waals surface area contributed by atoms with Gasteiger partial charge in [0.15, 0.2) is 0 Å². The number of aliphatic hydroxyl groups is 1. The Morgan fingerprint density at radius 3 is 2.64 bits per heavy atom. The lowest BCUT2D eigenvalue weighted by Gasteiger charge is -2.58. The molecule has 1 aromatic heterocycles. The van der Waals surface area contributed by atoms with Crippen LogP contribution in [0.15, 0.2) is 17.2 Å². The number of aliphatic carboxylic acids is 1. The quantitative estimate of drug-likeness (QED) is 0.414. The second kappa shape index (κ2) is 10.5. The maximum atomic E-state index is 13.6. The van der Waals surface area contributed by atoms with Crippen molar-refractivity contribution in [1.82, 2.24) is 10.3 Å². The Balaban J connectivity index is 1.32. The summed E-state index contributed by atoms with van der Waals surface area (Å²) in [6.45, 7) is 5.96. The van der Waals surface area contributed by atoms with Crippen LogP contribution in [0.2, 0.25) is 0 Å². The number of pyridine rings is 1. The van der Waals surface area contributed by atoms with Crippen molar-refractivity contribution < 1.29 is 19.8 Å². The molecule has 0 spiro atoms. The Morgan fingerprint density at radius 1 is 1.22 bits per heavy atom. The summed E-state index contributed by atoms with van der Waals surface area (Å²) in [6, 6.07) is 3.99. The van der Waals surface area contributed by atoms with E-state index in [2.05, 4.69) is 24.1 Å². The molecule has 3 N–H and O–H groups in total. The minimum Gasteiger partial charge on any atom is -0.481 e. The lowest BCUT2D eigenvalue weighted by molar-refractivity contribution is -0.138. The predicted octanol–water partition coefficient (Wildman–Crippen LogP) is 4.58. The monoisotopic (exact) mass is 515 g/mol. The van der Waals surface area contributed by atoms with Crippen LogP contribution in [0.3, 0.4) is 0 Å². The number of carbonyl (C=O) groups is 2. The lowest BCUT2D eigenvalue weighted by atomic mass is 9.52. The number of hydrogen-bond donors (Lipinski definition) is 3. The van der Waals surface area contributed by atoms with Gasteiger partial charge in [-0.25, -0.2) is 4.98 Å². The molecule has 7 nitrogen and oxygen atoms in total. The largest absolute Gasteiger partial charge is 0.481 e. The Bertz CT molecular complexity index is 970. The standard InChI is InChI=1S/C28H41N3O4S/c1-17(2)7-9-36-27-22(5-6-23(29-27)31-8-3-4-18(16-31)12-24(32)33)26(34)30-25-20-10-19-11-21(25)15-28(35,13-19)14-20/h5-6,17-21,25,35H,3-4,7-16H2,1-2H3,(H,30,34)(H,32,33)/t18-,19?,20?,21?,25-,28+/m0/s1. The molecule has 4 aliphatic carbocycles. The summed E-state index contributed by atoms with van der Waals surface area (Å²) in [4.78, 5) is 32.0. The molecule has 0 aromatic carbocycles. The third-order valence-corrected chi connectivity index (χ3v) is 9.89. The highest BCUT2D eigenvalue weighted by Crippen LogP contribution is 2.55. The number of nitrogens with zero attached hydrogens (tertiary/aromatic N) is 2. The van der Waals surface area contributed by atoms with E-state index < -0.39 is 11.6 Å².